The summed E-state index contributed by atoms with van der Waals surface area (Å²) < 4.78 is 5.74. The Balaban J connectivity index is 1.82. The molecule has 0 amide bonds. The SMILES string of the molecule is CCc1nc(C)ccc1OCCNC1CC1. The molecule has 1 aromatic heterocycles. The molecule has 1 aromatic rings. The predicted molar refractivity (Wildman–Crippen MR) is 64.9 cm³/mol. The number of hydrogen-bond acceptors (Lipinski definition) is 3. The zero-order chi connectivity index (χ0) is 11.4. The third kappa shape index (κ3) is 3.20. The first kappa shape index (κ1) is 11.4. The molecule has 0 radical (unpaired) electrons. The van der Waals surface area contributed by atoms with Crippen molar-refractivity contribution in [3.05, 3.63) is 23.5 Å². The van der Waals surface area contributed by atoms with Crippen LogP contribution in [0.1, 0.15) is 31.2 Å². The first-order valence-electron chi connectivity index (χ1n) is 6.12. The monoisotopic (exact) mass is 220 g/mol. The second-order valence-electron chi connectivity index (χ2n) is 4.33. The van der Waals surface area contributed by atoms with E-state index in [0.29, 0.717) is 0 Å². The summed E-state index contributed by atoms with van der Waals surface area (Å²) in [6.45, 7) is 5.78. The first-order chi connectivity index (χ1) is 7.79. The van der Waals surface area contributed by atoms with Crippen molar-refractivity contribution in [1.29, 1.82) is 0 Å². The molecule has 0 saturated heterocycles. The molecule has 3 nitrogen and oxygen atoms in total. The highest BCUT2D eigenvalue weighted by molar-refractivity contribution is 5.29. The number of rotatable bonds is 6. The van der Waals surface area contributed by atoms with E-state index in [0.717, 1.165) is 42.8 Å². The van der Waals surface area contributed by atoms with Crippen LogP contribution < -0.4 is 10.1 Å². The summed E-state index contributed by atoms with van der Waals surface area (Å²) in [6, 6.07) is 4.78. The van der Waals surface area contributed by atoms with E-state index in [2.05, 4.69) is 17.2 Å². The largest absolute Gasteiger partial charge is 0.490 e. The molecule has 0 aromatic carbocycles. The van der Waals surface area contributed by atoms with E-state index in [4.69, 9.17) is 4.74 Å². The molecular weight excluding hydrogens is 200 g/mol. The van der Waals surface area contributed by atoms with Crippen LogP contribution in [0.4, 0.5) is 0 Å². The van der Waals surface area contributed by atoms with Gasteiger partial charge in [0.05, 0.1) is 5.69 Å². The minimum absolute atomic E-state index is 0.730. The minimum Gasteiger partial charge on any atom is -0.490 e. The molecule has 1 saturated carbocycles. The topological polar surface area (TPSA) is 34.1 Å². The molecule has 88 valence electrons. The second kappa shape index (κ2) is 5.30. The highest BCUT2D eigenvalue weighted by atomic mass is 16.5. The van der Waals surface area contributed by atoms with Gasteiger partial charge >= 0.3 is 0 Å². The maximum atomic E-state index is 5.74. The van der Waals surface area contributed by atoms with Gasteiger partial charge in [-0.05, 0) is 38.3 Å². The number of pyridine rings is 1. The van der Waals surface area contributed by atoms with Gasteiger partial charge in [0.15, 0.2) is 0 Å². The third-order valence-corrected chi connectivity index (χ3v) is 2.78. The van der Waals surface area contributed by atoms with E-state index in [-0.39, 0.29) is 0 Å². The molecule has 2 rings (SSSR count). The van der Waals surface area contributed by atoms with Gasteiger partial charge in [-0.3, -0.25) is 4.98 Å². The molecular formula is C13H20N2O. The lowest BCUT2D eigenvalue weighted by atomic mass is 10.2. The zero-order valence-corrected chi connectivity index (χ0v) is 10.1. The first-order valence-corrected chi connectivity index (χ1v) is 6.12. The van der Waals surface area contributed by atoms with Gasteiger partial charge in [-0.15, -0.1) is 0 Å². The van der Waals surface area contributed by atoms with Gasteiger partial charge in [-0.2, -0.15) is 0 Å². The van der Waals surface area contributed by atoms with Crippen LogP contribution >= 0.6 is 0 Å². The van der Waals surface area contributed by atoms with Crippen molar-refractivity contribution >= 4 is 0 Å². The Morgan fingerprint density at radius 3 is 2.94 bits per heavy atom. The smallest absolute Gasteiger partial charge is 0.140 e. The van der Waals surface area contributed by atoms with Crippen LogP contribution in [0.5, 0.6) is 5.75 Å². The standard InChI is InChI=1S/C13H20N2O/c1-3-12-13(7-4-10(2)15-12)16-9-8-14-11-5-6-11/h4,7,11,14H,3,5-6,8-9H2,1-2H3. The molecule has 1 aliphatic carbocycles. The molecule has 1 N–H and O–H groups in total. The van der Waals surface area contributed by atoms with Crippen LogP contribution in [0.25, 0.3) is 0 Å². The summed E-state index contributed by atoms with van der Waals surface area (Å²) in [6.07, 6.45) is 3.58. The molecule has 3 heteroatoms. The second-order valence-corrected chi connectivity index (χ2v) is 4.33. The molecule has 1 aliphatic rings. The van der Waals surface area contributed by atoms with Gasteiger partial charge in [-0.25, -0.2) is 0 Å². The van der Waals surface area contributed by atoms with Crippen LogP contribution in [-0.2, 0) is 6.42 Å². The van der Waals surface area contributed by atoms with Crippen molar-refractivity contribution in [1.82, 2.24) is 10.3 Å². The number of nitrogens with zero attached hydrogens (tertiary/aromatic N) is 1. The van der Waals surface area contributed by atoms with Crippen LogP contribution in [0, 0.1) is 6.92 Å². The highest BCUT2D eigenvalue weighted by Gasteiger charge is 2.19. The Bertz CT molecular complexity index is 348. The van der Waals surface area contributed by atoms with Crippen LogP contribution in [0.2, 0.25) is 0 Å². The average Bonchev–Trinajstić information content (AvgIpc) is 3.09. The van der Waals surface area contributed by atoms with Crippen molar-refractivity contribution in [2.24, 2.45) is 0 Å². The summed E-state index contributed by atoms with van der Waals surface area (Å²) in [7, 11) is 0. The number of nitrogens with one attached hydrogen (secondary N) is 1. The summed E-state index contributed by atoms with van der Waals surface area (Å²) in [4.78, 5) is 4.47. The maximum absolute atomic E-state index is 5.74. The maximum Gasteiger partial charge on any atom is 0.140 e. The molecule has 0 bridgehead atoms. The van der Waals surface area contributed by atoms with Gasteiger partial charge in [-0.1, -0.05) is 6.92 Å². The lowest BCUT2D eigenvalue weighted by Gasteiger charge is -2.10. The predicted octanol–water partition coefficient (Wildman–Crippen LogP) is 2.08. The average molecular weight is 220 g/mol. The van der Waals surface area contributed by atoms with Crippen molar-refractivity contribution in [2.45, 2.75) is 39.2 Å². The van der Waals surface area contributed by atoms with Gasteiger partial charge in [0, 0.05) is 18.3 Å². The fourth-order valence-electron chi connectivity index (χ4n) is 1.69. The quantitative estimate of drug-likeness (QED) is 0.745. The van der Waals surface area contributed by atoms with Gasteiger partial charge < -0.3 is 10.1 Å². The molecule has 1 heterocycles. The molecule has 0 atom stereocenters. The lowest BCUT2D eigenvalue weighted by molar-refractivity contribution is 0.309. The number of ether oxygens (including phenoxy) is 1. The fraction of sp³-hybridized carbons (Fsp3) is 0.615. The Labute approximate surface area is 97.2 Å². The van der Waals surface area contributed by atoms with Crippen LogP contribution in [0.3, 0.4) is 0 Å². The molecule has 1 fully saturated rings. The van der Waals surface area contributed by atoms with Gasteiger partial charge in [0.2, 0.25) is 0 Å². The normalized spacial score (nSPS) is 15.1. The fourth-order valence-corrected chi connectivity index (χ4v) is 1.69. The Hall–Kier alpha value is -1.09. The summed E-state index contributed by atoms with van der Waals surface area (Å²) in [5.41, 5.74) is 2.12. The summed E-state index contributed by atoms with van der Waals surface area (Å²) in [5.74, 6) is 0.936. The van der Waals surface area contributed by atoms with Crippen LogP contribution in [0.15, 0.2) is 12.1 Å². The lowest BCUT2D eigenvalue weighted by Crippen LogP contribution is -2.23. The Morgan fingerprint density at radius 1 is 1.44 bits per heavy atom. The molecule has 0 aliphatic heterocycles. The van der Waals surface area contributed by atoms with E-state index in [1.54, 1.807) is 0 Å². The number of aryl methyl sites for hydroxylation is 2. The number of aromatic nitrogens is 1. The van der Waals surface area contributed by atoms with Crippen molar-refractivity contribution in [2.75, 3.05) is 13.2 Å². The Morgan fingerprint density at radius 2 is 2.25 bits per heavy atom. The minimum atomic E-state index is 0.730. The number of hydrogen-bond donors (Lipinski definition) is 1. The van der Waals surface area contributed by atoms with E-state index in [1.165, 1.54) is 12.8 Å². The van der Waals surface area contributed by atoms with E-state index < -0.39 is 0 Å². The van der Waals surface area contributed by atoms with E-state index in [1.807, 2.05) is 19.1 Å². The van der Waals surface area contributed by atoms with Gasteiger partial charge in [0.1, 0.15) is 12.4 Å². The van der Waals surface area contributed by atoms with Crippen molar-refractivity contribution in [3.8, 4) is 5.75 Å². The Kier molecular flexibility index (Phi) is 3.78. The summed E-state index contributed by atoms with van der Waals surface area (Å²) >= 11 is 0. The zero-order valence-electron chi connectivity index (χ0n) is 10.1. The van der Waals surface area contributed by atoms with E-state index >= 15 is 0 Å². The van der Waals surface area contributed by atoms with Crippen LogP contribution in [-0.4, -0.2) is 24.2 Å². The molecule has 0 unspecified atom stereocenters. The highest BCUT2D eigenvalue weighted by Crippen LogP contribution is 2.19. The third-order valence-electron chi connectivity index (χ3n) is 2.78. The molecule has 0 spiro atoms. The van der Waals surface area contributed by atoms with Crippen molar-refractivity contribution in [3.63, 3.8) is 0 Å². The summed E-state index contributed by atoms with van der Waals surface area (Å²) in [5, 5.41) is 3.43. The van der Waals surface area contributed by atoms with E-state index in [9.17, 15) is 0 Å². The van der Waals surface area contributed by atoms with Crippen molar-refractivity contribution < 1.29 is 4.74 Å². The molecule has 16 heavy (non-hydrogen) atoms. The van der Waals surface area contributed by atoms with Gasteiger partial charge in [0.25, 0.3) is 0 Å².